The molecule has 0 aliphatic heterocycles. The first-order chi connectivity index (χ1) is 9.87. The van der Waals surface area contributed by atoms with E-state index in [9.17, 15) is 14.4 Å². The lowest BCUT2D eigenvalue weighted by atomic mass is 10.1. The zero-order valence-electron chi connectivity index (χ0n) is 12.4. The minimum atomic E-state index is -0.608. The summed E-state index contributed by atoms with van der Waals surface area (Å²) in [6.45, 7) is 0.177. The highest BCUT2D eigenvalue weighted by molar-refractivity contribution is 5.99. The molecule has 7 nitrogen and oxygen atoms in total. The molecule has 0 saturated heterocycles. The molecule has 0 atom stereocenters. The molecule has 0 saturated carbocycles. The molecule has 114 valence electrons. The standard InChI is InChI=1S/C14H18N2O5/c1-16(2)8-12(17)15-11-6-9(13(18)20-3)5-10(7-11)14(19)21-4/h5-7H,8H2,1-4H3,(H,15,17). The lowest BCUT2D eigenvalue weighted by molar-refractivity contribution is -0.116. The number of methoxy groups -OCH3 is 2. The molecule has 1 rings (SSSR count). The van der Waals surface area contributed by atoms with Crippen molar-refractivity contribution in [1.82, 2.24) is 4.90 Å². The fourth-order valence-electron chi connectivity index (χ4n) is 1.66. The van der Waals surface area contributed by atoms with E-state index in [4.69, 9.17) is 0 Å². The van der Waals surface area contributed by atoms with E-state index in [1.54, 1.807) is 19.0 Å². The molecule has 0 unspecified atom stereocenters. The number of ether oxygens (including phenoxy) is 2. The third-order valence-electron chi connectivity index (χ3n) is 2.52. The van der Waals surface area contributed by atoms with Crippen molar-refractivity contribution < 1.29 is 23.9 Å². The van der Waals surface area contributed by atoms with Crippen molar-refractivity contribution in [3.63, 3.8) is 0 Å². The Balaban J connectivity index is 3.10. The van der Waals surface area contributed by atoms with Gasteiger partial charge < -0.3 is 19.7 Å². The average Bonchev–Trinajstić information content (AvgIpc) is 2.44. The van der Waals surface area contributed by atoms with Crippen molar-refractivity contribution >= 4 is 23.5 Å². The number of benzene rings is 1. The molecule has 1 N–H and O–H groups in total. The van der Waals surface area contributed by atoms with E-state index in [-0.39, 0.29) is 23.6 Å². The van der Waals surface area contributed by atoms with Gasteiger partial charge in [-0.3, -0.25) is 4.79 Å². The predicted octanol–water partition coefficient (Wildman–Crippen LogP) is 0.760. The maximum Gasteiger partial charge on any atom is 0.337 e. The fraction of sp³-hybridized carbons (Fsp3) is 0.357. The average molecular weight is 294 g/mol. The maximum absolute atomic E-state index is 11.7. The van der Waals surface area contributed by atoms with Gasteiger partial charge in [-0.05, 0) is 32.3 Å². The second-order valence-corrected chi connectivity index (χ2v) is 4.57. The lowest BCUT2D eigenvalue weighted by Gasteiger charge is -2.12. The van der Waals surface area contributed by atoms with Gasteiger partial charge in [0.2, 0.25) is 5.91 Å². The SMILES string of the molecule is COC(=O)c1cc(NC(=O)CN(C)C)cc(C(=O)OC)c1. The number of anilines is 1. The number of hydrogen-bond acceptors (Lipinski definition) is 6. The molecule has 0 aliphatic rings. The van der Waals surface area contributed by atoms with Crippen LogP contribution in [0.25, 0.3) is 0 Å². The van der Waals surface area contributed by atoms with Crippen molar-refractivity contribution in [3.05, 3.63) is 29.3 Å². The number of carbonyl (C=O) groups excluding carboxylic acids is 3. The number of carbonyl (C=O) groups is 3. The van der Waals surface area contributed by atoms with Crippen LogP contribution in [0, 0.1) is 0 Å². The van der Waals surface area contributed by atoms with Crippen LogP contribution in [0.15, 0.2) is 18.2 Å². The van der Waals surface area contributed by atoms with Gasteiger partial charge in [0.05, 0.1) is 31.9 Å². The Bertz CT molecular complexity index is 520. The van der Waals surface area contributed by atoms with Gasteiger partial charge in [0, 0.05) is 5.69 Å². The third-order valence-corrected chi connectivity index (χ3v) is 2.52. The fourth-order valence-corrected chi connectivity index (χ4v) is 1.66. The van der Waals surface area contributed by atoms with Crippen LogP contribution in [0.3, 0.4) is 0 Å². The van der Waals surface area contributed by atoms with Crippen molar-refractivity contribution in [2.75, 3.05) is 40.2 Å². The first kappa shape index (κ1) is 16.6. The summed E-state index contributed by atoms with van der Waals surface area (Å²) in [6, 6.07) is 4.22. The summed E-state index contributed by atoms with van der Waals surface area (Å²) in [4.78, 5) is 36.6. The van der Waals surface area contributed by atoms with E-state index in [2.05, 4.69) is 14.8 Å². The largest absolute Gasteiger partial charge is 0.465 e. The Kier molecular flexibility index (Phi) is 5.86. The maximum atomic E-state index is 11.7. The summed E-state index contributed by atoms with van der Waals surface area (Å²) in [6.07, 6.45) is 0. The summed E-state index contributed by atoms with van der Waals surface area (Å²) < 4.78 is 9.23. The quantitative estimate of drug-likeness (QED) is 0.807. The number of likely N-dealkylation sites (N-methyl/N-ethyl adjacent to an activating group) is 1. The van der Waals surface area contributed by atoms with E-state index in [0.29, 0.717) is 5.69 Å². The minimum absolute atomic E-state index is 0.153. The van der Waals surface area contributed by atoms with Crippen LogP contribution < -0.4 is 5.32 Å². The molecule has 1 aromatic rings. The number of nitrogens with zero attached hydrogens (tertiary/aromatic N) is 1. The van der Waals surface area contributed by atoms with Crippen LogP contribution in [-0.4, -0.2) is 57.6 Å². The van der Waals surface area contributed by atoms with Gasteiger partial charge in [-0.2, -0.15) is 0 Å². The van der Waals surface area contributed by atoms with Gasteiger partial charge in [-0.15, -0.1) is 0 Å². The zero-order valence-corrected chi connectivity index (χ0v) is 12.4. The van der Waals surface area contributed by atoms with E-state index in [1.165, 1.54) is 32.4 Å². The predicted molar refractivity (Wildman–Crippen MR) is 76.3 cm³/mol. The highest BCUT2D eigenvalue weighted by atomic mass is 16.5. The Labute approximate surface area is 122 Å². The van der Waals surface area contributed by atoms with E-state index in [1.807, 2.05) is 0 Å². The summed E-state index contributed by atoms with van der Waals surface area (Å²) in [5, 5.41) is 2.62. The topological polar surface area (TPSA) is 84.9 Å². The molecule has 0 bridgehead atoms. The molecule has 0 aliphatic carbocycles. The van der Waals surface area contributed by atoms with Gasteiger partial charge in [-0.25, -0.2) is 9.59 Å². The van der Waals surface area contributed by atoms with E-state index in [0.717, 1.165) is 0 Å². The molecular weight excluding hydrogens is 276 g/mol. The molecular formula is C14H18N2O5. The van der Waals surface area contributed by atoms with Crippen molar-refractivity contribution in [2.45, 2.75) is 0 Å². The first-order valence-electron chi connectivity index (χ1n) is 6.13. The molecule has 0 aromatic heterocycles. The molecule has 21 heavy (non-hydrogen) atoms. The second kappa shape index (κ2) is 7.39. The Morgan fingerprint density at radius 2 is 1.48 bits per heavy atom. The third kappa shape index (κ3) is 4.88. The van der Waals surface area contributed by atoms with Crippen molar-refractivity contribution in [1.29, 1.82) is 0 Å². The van der Waals surface area contributed by atoms with Gasteiger partial charge in [0.1, 0.15) is 0 Å². The van der Waals surface area contributed by atoms with Crippen LogP contribution in [0.1, 0.15) is 20.7 Å². The molecule has 0 radical (unpaired) electrons. The molecule has 1 amide bonds. The number of hydrogen-bond donors (Lipinski definition) is 1. The molecule has 0 fully saturated rings. The summed E-state index contributed by atoms with van der Waals surface area (Å²) in [7, 11) is 5.98. The minimum Gasteiger partial charge on any atom is -0.465 e. The van der Waals surface area contributed by atoms with Crippen molar-refractivity contribution in [2.24, 2.45) is 0 Å². The van der Waals surface area contributed by atoms with Crippen LogP contribution in [0.2, 0.25) is 0 Å². The molecule has 0 heterocycles. The monoisotopic (exact) mass is 294 g/mol. The van der Waals surface area contributed by atoms with Crippen LogP contribution in [-0.2, 0) is 14.3 Å². The van der Waals surface area contributed by atoms with Gasteiger partial charge >= 0.3 is 11.9 Å². The van der Waals surface area contributed by atoms with Crippen LogP contribution in [0.5, 0.6) is 0 Å². The zero-order chi connectivity index (χ0) is 16.0. The molecule has 7 heteroatoms. The van der Waals surface area contributed by atoms with E-state index >= 15 is 0 Å². The van der Waals surface area contributed by atoms with Crippen LogP contribution in [0.4, 0.5) is 5.69 Å². The number of rotatable bonds is 5. The highest BCUT2D eigenvalue weighted by Gasteiger charge is 2.15. The van der Waals surface area contributed by atoms with Gasteiger partial charge in [0.25, 0.3) is 0 Å². The highest BCUT2D eigenvalue weighted by Crippen LogP contribution is 2.17. The summed E-state index contributed by atoms with van der Waals surface area (Å²) >= 11 is 0. The van der Waals surface area contributed by atoms with Gasteiger partial charge in [-0.1, -0.05) is 0 Å². The molecule has 0 spiro atoms. The normalized spacial score (nSPS) is 10.1. The van der Waals surface area contributed by atoms with E-state index < -0.39 is 11.9 Å². The first-order valence-corrected chi connectivity index (χ1v) is 6.13. The Hall–Kier alpha value is -2.41. The Morgan fingerprint density at radius 3 is 1.86 bits per heavy atom. The Morgan fingerprint density at radius 1 is 1.00 bits per heavy atom. The van der Waals surface area contributed by atoms with Crippen LogP contribution >= 0.6 is 0 Å². The lowest BCUT2D eigenvalue weighted by Crippen LogP contribution is -2.27. The summed E-state index contributed by atoms with van der Waals surface area (Å²) in [5.74, 6) is -1.48. The molecule has 1 aromatic carbocycles. The summed E-state index contributed by atoms with van der Waals surface area (Å²) in [5.41, 5.74) is 0.631. The van der Waals surface area contributed by atoms with Crippen molar-refractivity contribution in [3.8, 4) is 0 Å². The number of esters is 2. The smallest absolute Gasteiger partial charge is 0.337 e. The van der Waals surface area contributed by atoms with Gasteiger partial charge in [0.15, 0.2) is 0 Å². The number of amides is 1. The second-order valence-electron chi connectivity index (χ2n) is 4.57. The number of nitrogens with one attached hydrogen (secondary N) is 1.